The van der Waals surface area contributed by atoms with Crippen molar-refractivity contribution in [1.29, 1.82) is 0 Å². The van der Waals surface area contributed by atoms with Crippen LogP contribution in [0.25, 0.3) is 21.9 Å². The molecular weight excluding hydrogens is 282 g/mol. The lowest BCUT2D eigenvalue weighted by Crippen LogP contribution is -2.37. The highest BCUT2D eigenvalue weighted by Crippen LogP contribution is 2.40. The van der Waals surface area contributed by atoms with Crippen molar-refractivity contribution in [2.75, 3.05) is 0 Å². The standard InChI is InChI=1S/C21H19NO/c1-5-8-17-19(22-21(17,3)4)16-12-13(2)11-15-14-9-6-7-10-18(14)23-20(15)16/h5-12H,1H2,2-4H3/b17-8-. The summed E-state index contributed by atoms with van der Waals surface area (Å²) in [6.07, 6.45) is 3.89. The molecule has 1 aromatic heterocycles. The van der Waals surface area contributed by atoms with E-state index in [2.05, 4.69) is 51.6 Å². The topological polar surface area (TPSA) is 25.5 Å². The molecule has 3 aromatic rings. The first kappa shape index (κ1) is 14.0. The molecule has 23 heavy (non-hydrogen) atoms. The number of nitrogens with zero attached hydrogens (tertiary/aromatic N) is 1. The molecule has 2 heterocycles. The number of para-hydroxylation sites is 1. The van der Waals surface area contributed by atoms with Crippen LogP contribution in [0.5, 0.6) is 0 Å². The second kappa shape index (κ2) is 4.69. The van der Waals surface area contributed by atoms with E-state index in [-0.39, 0.29) is 5.54 Å². The van der Waals surface area contributed by atoms with Gasteiger partial charge in [0.25, 0.3) is 0 Å². The maximum Gasteiger partial charge on any atom is 0.144 e. The van der Waals surface area contributed by atoms with Crippen molar-refractivity contribution in [1.82, 2.24) is 0 Å². The highest BCUT2D eigenvalue weighted by Gasteiger charge is 2.37. The second-order valence-electron chi connectivity index (χ2n) is 6.62. The van der Waals surface area contributed by atoms with Crippen molar-refractivity contribution in [2.24, 2.45) is 4.99 Å². The van der Waals surface area contributed by atoms with Crippen LogP contribution in [-0.4, -0.2) is 11.3 Å². The van der Waals surface area contributed by atoms with Crippen molar-refractivity contribution in [3.63, 3.8) is 0 Å². The third-order valence-electron chi connectivity index (χ3n) is 4.47. The van der Waals surface area contributed by atoms with Crippen molar-refractivity contribution < 1.29 is 4.42 Å². The van der Waals surface area contributed by atoms with Gasteiger partial charge >= 0.3 is 0 Å². The van der Waals surface area contributed by atoms with Crippen LogP contribution in [0.2, 0.25) is 0 Å². The van der Waals surface area contributed by atoms with Gasteiger partial charge in [0.1, 0.15) is 11.2 Å². The van der Waals surface area contributed by atoms with Gasteiger partial charge in [-0.15, -0.1) is 0 Å². The van der Waals surface area contributed by atoms with Crippen LogP contribution in [0, 0.1) is 6.92 Å². The summed E-state index contributed by atoms with van der Waals surface area (Å²) < 4.78 is 6.16. The Kier molecular flexibility index (Phi) is 2.86. The molecule has 0 radical (unpaired) electrons. The summed E-state index contributed by atoms with van der Waals surface area (Å²) in [5.74, 6) is 0. The van der Waals surface area contributed by atoms with E-state index in [1.54, 1.807) is 0 Å². The Morgan fingerprint density at radius 1 is 1.13 bits per heavy atom. The van der Waals surface area contributed by atoms with Crippen molar-refractivity contribution in [3.8, 4) is 0 Å². The lowest BCUT2D eigenvalue weighted by Gasteiger charge is -2.35. The van der Waals surface area contributed by atoms with Crippen LogP contribution in [0.4, 0.5) is 0 Å². The minimum atomic E-state index is -0.161. The molecule has 0 unspecified atom stereocenters. The molecule has 0 fully saturated rings. The minimum Gasteiger partial charge on any atom is -0.455 e. The monoisotopic (exact) mass is 301 g/mol. The van der Waals surface area contributed by atoms with E-state index in [0.29, 0.717) is 0 Å². The van der Waals surface area contributed by atoms with Gasteiger partial charge in [0.05, 0.1) is 11.3 Å². The number of allylic oxidation sites excluding steroid dienone is 2. The Hall–Kier alpha value is -2.61. The number of aryl methyl sites for hydroxylation is 1. The van der Waals surface area contributed by atoms with E-state index >= 15 is 0 Å². The molecule has 4 rings (SSSR count). The van der Waals surface area contributed by atoms with Crippen LogP contribution < -0.4 is 0 Å². The number of hydrogen-bond acceptors (Lipinski definition) is 2. The summed E-state index contributed by atoms with van der Waals surface area (Å²) in [6, 6.07) is 12.5. The largest absolute Gasteiger partial charge is 0.455 e. The first-order chi connectivity index (χ1) is 11.0. The molecule has 0 spiro atoms. The molecule has 0 N–H and O–H groups in total. The Morgan fingerprint density at radius 2 is 1.91 bits per heavy atom. The molecule has 1 aliphatic heterocycles. The molecule has 0 saturated carbocycles. The van der Waals surface area contributed by atoms with Gasteiger partial charge in [0.15, 0.2) is 0 Å². The summed E-state index contributed by atoms with van der Waals surface area (Å²) in [6.45, 7) is 10.2. The molecule has 114 valence electrons. The number of hydrogen-bond donors (Lipinski definition) is 0. The molecule has 0 bridgehead atoms. The van der Waals surface area contributed by atoms with Crippen LogP contribution in [0.3, 0.4) is 0 Å². The Labute approximate surface area is 135 Å². The highest BCUT2D eigenvalue weighted by molar-refractivity contribution is 6.25. The first-order valence-corrected chi connectivity index (χ1v) is 7.87. The van der Waals surface area contributed by atoms with Gasteiger partial charge < -0.3 is 4.42 Å². The van der Waals surface area contributed by atoms with E-state index < -0.39 is 0 Å². The predicted molar refractivity (Wildman–Crippen MR) is 97.4 cm³/mol. The van der Waals surface area contributed by atoms with Gasteiger partial charge in [-0.1, -0.05) is 36.9 Å². The Balaban J connectivity index is 2.05. The van der Waals surface area contributed by atoms with Crippen LogP contribution >= 0.6 is 0 Å². The molecule has 0 atom stereocenters. The van der Waals surface area contributed by atoms with Crippen molar-refractivity contribution >= 4 is 27.7 Å². The molecule has 2 nitrogen and oxygen atoms in total. The number of fused-ring (bicyclic) bond motifs is 3. The SMILES string of the molecule is C=C/C=C1/C(c2cc(C)cc3c2oc2ccccc23)=NC1(C)C. The summed E-state index contributed by atoms with van der Waals surface area (Å²) in [7, 11) is 0. The van der Waals surface area contributed by atoms with Crippen molar-refractivity contribution in [2.45, 2.75) is 26.3 Å². The maximum absolute atomic E-state index is 6.16. The zero-order valence-electron chi connectivity index (χ0n) is 13.7. The molecule has 0 aliphatic carbocycles. The number of aliphatic imine (C=N–C) groups is 1. The zero-order chi connectivity index (χ0) is 16.2. The number of furan rings is 1. The smallest absolute Gasteiger partial charge is 0.144 e. The van der Waals surface area contributed by atoms with E-state index in [4.69, 9.17) is 9.41 Å². The predicted octanol–water partition coefficient (Wildman–Crippen LogP) is 5.59. The zero-order valence-corrected chi connectivity index (χ0v) is 13.7. The lowest BCUT2D eigenvalue weighted by molar-refractivity contribution is 0.598. The van der Waals surface area contributed by atoms with Gasteiger partial charge in [0, 0.05) is 21.9 Å². The maximum atomic E-state index is 6.16. The van der Waals surface area contributed by atoms with E-state index in [1.165, 1.54) is 11.1 Å². The van der Waals surface area contributed by atoms with Crippen LogP contribution in [-0.2, 0) is 0 Å². The van der Waals surface area contributed by atoms with E-state index in [0.717, 1.165) is 33.2 Å². The minimum absolute atomic E-state index is 0.161. The fourth-order valence-electron chi connectivity index (χ4n) is 3.39. The van der Waals surface area contributed by atoms with Crippen LogP contribution in [0.15, 0.2) is 70.1 Å². The molecule has 0 amide bonds. The van der Waals surface area contributed by atoms with Gasteiger partial charge in [-0.3, -0.25) is 4.99 Å². The highest BCUT2D eigenvalue weighted by atomic mass is 16.3. The quantitative estimate of drug-likeness (QED) is 0.606. The summed E-state index contributed by atoms with van der Waals surface area (Å²) in [4.78, 5) is 4.83. The molecule has 2 heteroatoms. The molecular formula is C21H19NO. The molecule has 1 aliphatic rings. The summed E-state index contributed by atoms with van der Waals surface area (Å²) in [5.41, 5.74) is 6.19. The van der Waals surface area contributed by atoms with E-state index in [1.807, 2.05) is 24.3 Å². The lowest BCUT2D eigenvalue weighted by atomic mass is 9.80. The first-order valence-electron chi connectivity index (χ1n) is 7.87. The number of rotatable bonds is 2. The van der Waals surface area contributed by atoms with Gasteiger partial charge in [-0.2, -0.15) is 0 Å². The van der Waals surface area contributed by atoms with Gasteiger partial charge in [0.2, 0.25) is 0 Å². The number of benzene rings is 2. The second-order valence-corrected chi connectivity index (χ2v) is 6.62. The fourth-order valence-corrected chi connectivity index (χ4v) is 3.39. The van der Waals surface area contributed by atoms with Crippen LogP contribution in [0.1, 0.15) is 25.0 Å². The Bertz CT molecular complexity index is 1010. The summed E-state index contributed by atoms with van der Waals surface area (Å²) in [5, 5.41) is 2.31. The average Bonchev–Trinajstić information content (AvgIpc) is 2.89. The third kappa shape index (κ3) is 1.98. The molecule has 0 saturated heterocycles. The summed E-state index contributed by atoms with van der Waals surface area (Å²) >= 11 is 0. The third-order valence-corrected chi connectivity index (χ3v) is 4.47. The normalized spacial score (nSPS) is 18.2. The Morgan fingerprint density at radius 3 is 2.65 bits per heavy atom. The molecule has 2 aromatic carbocycles. The van der Waals surface area contributed by atoms with Gasteiger partial charge in [-0.25, -0.2) is 0 Å². The van der Waals surface area contributed by atoms with Gasteiger partial charge in [-0.05, 0) is 44.5 Å². The van der Waals surface area contributed by atoms with E-state index in [9.17, 15) is 0 Å². The fraction of sp³-hybridized carbons (Fsp3) is 0.190. The van der Waals surface area contributed by atoms with Crippen molar-refractivity contribution in [3.05, 3.63) is 71.8 Å². The average molecular weight is 301 g/mol.